The Morgan fingerprint density at radius 2 is 1.33 bits per heavy atom. The molecule has 0 unspecified atom stereocenters. The van der Waals surface area contributed by atoms with E-state index >= 15 is 0 Å². The van der Waals surface area contributed by atoms with E-state index in [9.17, 15) is 8.78 Å². The Kier molecular flexibility index (Phi) is 6.79. The van der Waals surface area contributed by atoms with E-state index in [1.165, 1.54) is 23.9 Å². The van der Waals surface area contributed by atoms with Crippen LogP contribution in [0.25, 0.3) is 0 Å². The lowest BCUT2D eigenvalue weighted by Gasteiger charge is -2.04. The first-order valence-electron chi connectivity index (χ1n) is 8.27. The lowest BCUT2D eigenvalue weighted by molar-refractivity contribution is 0.552. The third kappa shape index (κ3) is 5.08. The summed E-state index contributed by atoms with van der Waals surface area (Å²) in [6.45, 7) is 4.03. The van der Waals surface area contributed by atoms with Gasteiger partial charge in [-0.15, -0.1) is 0 Å². The van der Waals surface area contributed by atoms with Gasteiger partial charge >= 0.3 is 0 Å². The van der Waals surface area contributed by atoms with Crippen molar-refractivity contribution in [3.8, 4) is 0 Å². The molecule has 0 aromatic heterocycles. The third-order valence-electron chi connectivity index (χ3n) is 3.66. The average molecular weight is 328 g/mol. The van der Waals surface area contributed by atoms with E-state index in [1.54, 1.807) is 6.21 Å². The molecule has 2 aromatic carbocycles. The quantitative estimate of drug-likeness (QED) is 0.485. The number of halogens is 2. The van der Waals surface area contributed by atoms with Gasteiger partial charge in [0.05, 0.1) is 12.4 Å². The fourth-order valence-electron chi connectivity index (χ4n) is 2.45. The SMILES string of the molecule is CCCc1ccc(/C=N/N=C/c2cc(F)c(CCC)c(F)c2)cc1. The molecule has 0 amide bonds. The van der Waals surface area contributed by atoms with Crippen LogP contribution in [0, 0.1) is 11.6 Å². The van der Waals surface area contributed by atoms with E-state index in [1.807, 2.05) is 19.1 Å². The average Bonchev–Trinajstić information content (AvgIpc) is 2.57. The van der Waals surface area contributed by atoms with Crippen LogP contribution < -0.4 is 0 Å². The normalized spacial score (nSPS) is 11.7. The summed E-state index contributed by atoms with van der Waals surface area (Å²) >= 11 is 0. The number of rotatable bonds is 7. The summed E-state index contributed by atoms with van der Waals surface area (Å²) in [7, 11) is 0. The maximum absolute atomic E-state index is 13.8. The fraction of sp³-hybridized carbons (Fsp3) is 0.300. The van der Waals surface area contributed by atoms with Crippen molar-refractivity contribution in [3.05, 3.63) is 70.3 Å². The molecule has 0 N–H and O–H groups in total. The van der Waals surface area contributed by atoms with Gasteiger partial charge in [-0.05, 0) is 36.1 Å². The van der Waals surface area contributed by atoms with Crippen molar-refractivity contribution in [2.45, 2.75) is 39.5 Å². The molecule has 0 bridgehead atoms. The minimum atomic E-state index is -0.534. The van der Waals surface area contributed by atoms with Crippen molar-refractivity contribution in [2.24, 2.45) is 10.2 Å². The molecule has 2 aromatic rings. The molecule has 0 saturated heterocycles. The van der Waals surface area contributed by atoms with Crippen molar-refractivity contribution in [1.29, 1.82) is 0 Å². The highest BCUT2D eigenvalue weighted by atomic mass is 19.1. The summed E-state index contributed by atoms with van der Waals surface area (Å²) < 4.78 is 27.7. The van der Waals surface area contributed by atoms with Crippen LogP contribution in [0.1, 0.15) is 48.9 Å². The summed E-state index contributed by atoms with van der Waals surface area (Å²) in [6, 6.07) is 10.6. The molecule has 2 rings (SSSR count). The minimum Gasteiger partial charge on any atom is -0.207 e. The molecule has 0 radical (unpaired) electrons. The molecular formula is C20H22F2N2. The van der Waals surface area contributed by atoms with Crippen LogP contribution in [0.4, 0.5) is 8.78 Å². The Labute approximate surface area is 141 Å². The van der Waals surface area contributed by atoms with Crippen molar-refractivity contribution in [1.82, 2.24) is 0 Å². The van der Waals surface area contributed by atoms with E-state index in [4.69, 9.17) is 0 Å². The molecule has 126 valence electrons. The van der Waals surface area contributed by atoms with Crippen LogP contribution in [0.2, 0.25) is 0 Å². The van der Waals surface area contributed by atoms with Crippen LogP contribution >= 0.6 is 0 Å². The van der Waals surface area contributed by atoms with Gasteiger partial charge in [0.1, 0.15) is 11.6 Å². The maximum atomic E-state index is 13.8. The standard InChI is InChI=1S/C20H22F2N2/c1-3-5-15-7-9-16(10-8-15)13-23-24-14-17-11-19(21)18(6-4-2)20(22)12-17/h7-14H,3-6H2,1-2H3/b23-13+,24-14+. The first kappa shape index (κ1) is 18.0. The molecular weight excluding hydrogens is 306 g/mol. The third-order valence-corrected chi connectivity index (χ3v) is 3.66. The van der Waals surface area contributed by atoms with Crippen LogP contribution in [0.5, 0.6) is 0 Å². The largest absolute Gasteiger partial charge is 0.207 e. The Balaban J connectivity index is 2.03. The van der Waals surface area contributed by atoms with E-state index in [-0.39, 0.29) is 5.56 Å². The molecule has 24 heavy (non-hydrogen) atoms. The number of nitrogens with zero attached hydrogens (tertiary/aromatic N) is 2. The van der Waals surface area contributed by atoms with Crippen molar-refractivity contribution in [2.75, 3.05) is 0 Å². The van der Waals surface area contributed by atoms with Crippen LogP contribution in [0.15, 0.2) is 46.6 Å². The lowest BCUT2D eigenvalue weighted by atomic mass is 10.1. The van der Waals surface area contributed by atoms with Gasteiger partial charge in [-0.3, -0.25) is 0 Å². The Bertz CT molecular complexity index is 696. The molecule has 0 aliphatic heterocycles. The Morgan fingerprint density at radius 3 is 1.88 bits per heavy atom. The van der Waals surface area contributed by atoms with Gasteiger partial charge in [0.15, 0.2) is 0 Å². The second kappa shape index (κ2) is 9.06. The topological polar surface area (TPSA) is 24.7 Å². The Hall–Kier alpha value is -2.36. The summed E-state index contributed by atoms with van der Waals surface area (Å²) in [5, 5.41) is 7.79. The molecule has 0 saturated carbocycles. The number of hydrogen-bond donors (Lipinski definition) is 0. The molecule has 4 heteroatoms. The predicted molar refractivity (Wildman–Crippen MR) is 96.0 cm³/mol. The summed E-state index contributed by atoms with van der Waals surface area (Å²) in [5.41, 5.74) is 2.71. The highest BCUT2D eigenvalue weighted by Crippen LogP contribution is 2.16. The fourth-order valence-corrected chi connectivity index (χ4v) is 2.45. The number of aryl methyl sites for hydroxylation is 1. The molecule has 0 aliphatic rings. The summed E-state index contributed by atoms with van der Waals surface area (Å²) in [5.74, 6) is -1.07. The van der Waals surface area contributed by atoms with E-state index < -0.39 is 11.6 Å². The van der Waals surface area contributed by atoms with Crippen LogP contribution in [-0.2, 0) is 12.8 Å². The van der Waals surface area contributed by atoms with Crippen molar-refractivity contribution in [3.63, 3.8) is 0 Å². The smallest absolute Gasteiger partial charge is 0.129 e. The van der Waals surface area contributed by atoms with E-state index in [0.717, 1.165) is 18.4 Å². The zero-order valence-corrected chi connectivity index (χ0v) is 14.1. The monoisotopic (exact) mass is 328 g/mol. The molecule has 0 aliphatic carbocycles. The highest BCUT2D eigenvalue weighted by molar-refractivity contribution is 5.82. The molecule has 2 nitrogen and oxygen atoms in total. The zero-order chi connectivity index (χ0) is 17.4. The van der Waals surface area contributed by atoms with E-state index in [2.05, 4.69) is 29.3 Å². The molecule has 0 heterocycles. The zero-order valence-electron chi connectivity index (χ0n) is 14.1. The first-order valence-corrected chi connectivity index (χ1v) is 8.27. The molecule has 0 atom stereocenters. The van der Waals surface area contributed by atoms with E-state index in [0.29, 0.717) is 18.4 Å². The van der Waals surface area contributed by atoms with Gasteiger partial charge in [0.25, 0.3) is 0 Å². The van der Waals surface area contributed by atoms with Crippen LogP contribution in [0.3, 0.4) is 0 Å². The van der Waals surface area contributed by atoms with Gasteiger partial charge in [-0.1, -0.05) is 51.0 Å². The van der Waals surface area contributed by atoms with Gasteiger partial charge in [-0.25, -0.2) is 8.78 Å². The summed E-state index contributed by atoms with van der Waals surface area (Å²) in [4.78, 5) is 0. The van der Waals surface area contributed by atoms with Gasteiger partial charge in [0.2, 0.25) is 0 Å². The maximum Gasteiger partial charge on any atom is 0.129 e. The first-order chi connectivity index (χ1) is 11.6. The second-order valence-corrected chi connectivity index (χ2v) is 5.69. The number of benzene rings is 2. The second-order valence-electron chi connectivity index (χ2n) is 5.69. The number of hydrogen-bond acceptors (Lipinski definition) is 2. The molecule has 0 spiro atoms. The van der Waals surface area contributed by atoms with Gasteiger partial charge in [0, 0.05) is 11.1 Å². The van der Waals surface area contributed by atoms with Crippen molar-refractivity contribution >= 4 is 12.4 Å². The Morgan fingerprint density at radius 1 is 0.792 bits per heavy atom. The molecule has 0 fully saturated rings. The van der Waals surface area contributed by atoms with Gasteiger partial charge < -0.3 is 0 Å². The predicted octanol–water partition coefficient (Wildman–Crippen LogP) is 5.32. The summed E-state index contributed by atoms with van der Waals surface area (Å²) in [6.07, 6.45) is 6.22. The van der Waals surface area contributed by atoms with Gasteiger partial charge in [-0.2, -0.15) is 10.2 Å². The van der Waals surface area contributed by atoms with Crippen LogP contribution in [-0.4, -0.2) is 12.4 Å². The highest BCUT2D eigenvalue weighted by Gasteiger charge is 2.09. The van der Waals surface area contributed by atoms with Crippen molar-refractivity contribution < 1.29 is 8.78 Å². The minimum absolute atomic E-state index is 0.130. The lowest BCUT2D eigenvalue weighted by Crippen LogP contribution is -1.97.